The molecule has 0 unspecified atom stereocenters. The van der Waals surface area contributed by atoms with Gasteiger partial charge in [-0.25, -0.2) is 4.79 Å². The lowest BCUT2D eigenvalue weighted by Gasteiger charge is -2.07. The van der Waals surface area contributed by atoms with E-state index in [-0.39, 0.29) is 34.4 Å². The van der Waals surface area contributed by atoms with Crippen LogP contribution in [0.15, 0.2) is 28.7 Å². The Morgan fingerprint density at radius 3 is 2.44 bits per heavy atom. The maximum absolute atomic E-state index is 12.3. The second kappa shape index (κ2) is 8.26. The fourth-order valence-electron chi connectivity index (χ4n) is 2.24. The van der Waals surface area contributed by atoms with E-state index in [1.807, 2.05) is 24.3 Å². The Kier molecular flexibility index (Phi) is 6.33. The second-order valence-corrected chi connectivity index (χ2v) is 7.13. The van der Waals surface area contributed by atoms with Crippen molar-refractivity contribution in [3.05, 3.63) is 50.3 Å². The molecule has 0 bridgehead atoms. The highest BCUT2D eigenvalue weighted by Crippen LogP contribution is 2.33. The van der Waals surface area contributed by atoms with Gasteiger partial charge < -0.3 is 15.8 Å². The van der Waals surface area contributed by atoms with Crippen molar-refractivity contribution in [3.63, 3.8) is 0 Å². The molecule has 0 aliphatic heterocycles. The highest BCUT2D eigenvalue weighted by molar-refractivity contribution is 9.10. The monoisotopic (exact) mass is 424 g/mol. The first-order chi connectivity index (χ1) is 11.8. The number of hydrogen-bond donors (Lipinski definition) is 2. The maximum Gasteiger partial charge on any atom is 0.341 e. The minimum Gasteiger partial charge on any atom is -0.462 e. The number of nitrogens with two attached hydrogens (primary N) is 1. The fourth-order valence-corrected chi connectivity index (χ4v) is 3.57. The third-order valence-electron chi connectivity index (χ3n) is 3.38. The minimum atomic E-state index is -0.651. The number of esters is 1. The molecule has 1 heterocycles. The molecule has 2 rings (SSSR count). The topological polar surface area (TPSA) is 98.5 Å². The molecule has 1 aromatic carbocycles. The lowest BCUT2D eigenvalue weighted by Crippen LogP contribution is -2.16. The van der Waals surface area contributed by atoms with E-state index >= 15 is 0 Å². The number of amides is 2. The summed E-state index contributed by atoms with van der Waals surface area (Å²) in [4.78, 5) is 36.2. The van der Waals surface area contributed by atoms with Gasteiger partial charge in [0, 0.05) is 4.47 Å². The molecule has 0 atom stereocenters. The quantitative estimate of drug-likeness (QED) is 0.694. The first kappa shape index (κ1) is 19.1. The molecule has 3 N–H and O–H groups in total. The van der Waals surface area contributed by atoms with Gasteiger partial charge in [0.1, 0.15) is 5.00 Å². The normalized spacial score (nSPS) is 10.4. The number of halogens is 1. The second-order valence-electron chi connectivity index (χ2n) is 5.20. The first-order valence-electron chi connectivity index (χ1n) is 7.48. The summed E-state index contributed by atoms with van der Waals surface area (Å²) >= 11 is 4.31. The number of carbonyl (C=O) groups excluding carboxylic acids is 3. The van der Waals surface area contributed by atoms with Crippen molar-refractivity contribution in [3.8, 4) is 0 Å². The van der Waals surface area contributed by atoms with Crippen molar-refractivity contribution in [2.45, 2.75) is 20.3 Å². The number of anilines is 1. The van der Waals surface area contributed by atoms with Crippen molar-refractivity contribution < 1.29 is 19.1 Å². The van der Waals surface area contributed by atoms with Crippen molar-refractivity contribution in [2.24, 2.45) is 5.73 Å². The summed E-state index contributed by atoms with van der Waals surface area (Å²) in [7, 11) is 0. The van der Waals surface area contributed by atoms with Crippen LogP contribution in [0.4, 0.5) is 5.00 Å². The van der Waals surface area contributed by atoms with Crippen LogP contribution < -0.4 is 11.1 Å². The Morgan fingerprint density at radius 2 is 1.88 bits per heavy atom. The zero-order valence-electron chi connectivity index (χ0n) is 13.7. The van der Waals surface area contributed by atoms with E-state index in [1.54, 1.807) is 13.8 Å². The minimum absolute atomic E-state index is 0.137. The van der Waals surface area contributed by atoms with Crippen LogP contribution in [0.25, 0.3) is 0 Å². The maximum atomic E-state index is 12.3. The van der Waals surface area contributed by atoms with E-state index in [9.17, 15) is 14.4 Å². The van der Waals surface area contributed by atoms with Crippen molar-refractivity contribution >= 4 is 50.1 Å². The van der Waals surface area contributed by atoms with Gasteiger partial charge in [0.25, 0.3) is 5.91 Å². The lowest BCUT2D eigenvalue weighted by atomic mass is 10.1. The smallest absolute Gasteiger partial charge is 0.341 e. The molecule has 6 nitrogen and oxygen atoms in total. The van der Waals surface area contributed by atoms with Gasteiger partial charge >= 0.3 is 5.97 Å². The molecular weight excluding hydrogens is 408 g/mol. The van der Waals surface area contributed by atoms with E-state index in [0.29, 0.717) is 5.56 Å². The Labute approximate surface area is 157 Å². The zero-order valence-corrected chi connectivity index (χ0v) is 16.1. The molecule has 2 aromatic rings. The third kappa shape index (κ3) is 4.67. The number of thiophene rings is 1. The Morgan fingerprint density at radius 1 is 1.24 bits per heavy atom. The van der Waals surface area contributed by atoms with Gasteiger partial charge in [-0.15, -0.1) is 11.3 Å². The predicted octanol–water partition coefficient (Wildman–Crippen LogP) is 3.28. The van der Waals surface area contributed by atoms with Gasteiger partial charge in [-0.3, -0.25) is 9.59 Å². The Balaban J connectivity index is 2.26. The van der Waals surface area contributed by atoms with E-state index in [1.165, 1.54) is 0 Å². The first-order valence-corrected chi connectivity index (χ1v) is 9.09. The summed E-state index contributed by atoms with van der Waals surface area (Å²) in [6.07, 6.45) is 0.137. The largest absolute Gasteiger partial charge is 0.462 e. The summed E-state index contributed by atoms with van der Waals surface area (Å²) in [6.45, 7) is 3.47. The van der Waals surface area contributed by atoms with Gasteiger partial charge in [-0.05, 0) is 37.1 Å². The van der Waals surface area contributed by atoms with Crippen LogP contribution in [0, 0.1) is 6.92 Å². The van der Waals surface area contributed by atoms with Crippen molar-refractivity contribution in [1.82, 2.24) is 0 Å². The molecule has 0 fully saturated rings. The molecule has 0 saturated heterocycles. The summed E-state index contributed by atoms with van der Waals surface area (Å²) in [6, 6.07) is 7.33. The van der Waals surface area contributed by atoms with E-state index in [2.05, 4.69) is 21.2 Å². The molecule has 0 aliphatic rings. The average Bonchev–Trinajstić information content (AvgIpc) is 2.86. The molecule has 8 heteroatoms. The van der Waals surface area contributed by atoms with E-state index in [4.69, 9.17) is 10.5 Å². The number of hydrogen-bond acceptors (Lipinski definition) is 5. The summed E-state index contributed by atoms with van der Waals surface area (Å²) in [5, 5.41) is 2.96. The highest BCUT2D eigenvalue weighted by Gasteiger charge is 2.25. The van der Waals surface area contributed by atoms with Crippen LogP contribution in [-0.4, -0.2) is 24.4 Å². The molecule has 2 amide bonds. The summed E-state index contributed by atoms with van der Waals surface area (Å²) in [5.41, 5.74) is 6.75. The molecule has 0 spiro atoms. The number of nitrogens with one attached hydrogen (secondary N) is 1. The van der Waals surface area contributed by atoms with Crippen LogP contribution in [-0.2, 0) is 16.0 Å². The van der Waals surface area contributed by atoms with Crippen LogP contribution in [0.2, 0.25) is 0 Å². The average molecular weight is 425 g/mol. The molecule has 1 aromatic heterocycles. The van der Waals surface area contributed by atoms with E-state index < -0.39 is 11.9 Å². The van der Waals surface area contributed by atoms with E-state index in [0.717, 1.165) is 21.4 Å². The SMILES string of the molecule is CCOC(=O)c1c(NC(=O)Cc2ccc(Br)cc2)sc(C(N)=O)c1C. The van der Waals surface area contributed by atoms with Crippen molar-refractivity contribution in [1.29, 1.82) is 0 Å². The highest BCUT2D eigenvalue weighted by atomic mass is 79.9. The standard InChI is InChI=1S/C17H17BrN2O4S/c1-3-24-17(23)13-9(2)14(15(19)22)25-16(13)20-12(21)8-10-4-6-11(18)7-5-10/h4-7H,3,8H2,1-2H3,(H2,19,22)(H,20,21). The molecule has 0 radical (unpaired) electrons. The van der Waals surface area contributed by atoms with Gasteiger partial charge in [0.2, 0.25) is 5.91 Å². The molecule has 0 aliphatic carbocycles. The Hall–Kier alpha value is -2.19. The van der Waals surface area contributed by atoms with Gasteiger partial charge in [-0.2, -0.15) is 0 Å². The molecule has 25 heavy (non-hydrogen) atoms. The van der Waals surface area contributed by atoms with Crippen LogP contribution >= 0.6 is 27.3 Å². The third-order valence-corrected chi connectivity index (χ3v) is 5.13. The number of ether oxygens (including phenoxy) is 1. The van der Waals surface area contributed by atoms with Crippen molar-refractivity contribution in [2.75, 3.05) is 11.9 Å². The van der Waals surface area contributed by atoms with Gasteiger partial charge in [-0.1, -0.05) is 28.1 Å². The summed E-state index contributed by atoms with van der Waals surface area (Å²) < 4.78 is 5.93. The number of primary amides is 1. The van der Waals surface area contributed by atoms with Crippen LogP contribution in [0.1, 0.15) is 38.1 Å². The predicted molar refractivity (Wildman–Crippen MR) is 100 cm³/mol. The fraction of sp³-hybridized carbons (Fsp3) is 0.235. The van der Waals surface area contributed by atoms with Crippen LogP contribution in [0.5, 0.6) is 0 Å². The lowest BCUT2D eigenvalue weighted by molar-refractivity contribution is -0.115. The molecular formula is C17H17BrN2O4S. The number of rotatable bonds is 6. The number of carbonyl (C=O) groups is 3. The van der Waals surface area contributed by atoms with Crippen LogP contribution in [0.3, 0.4) is 0 Å². The molecule has 132 valence electrons. The van der Waals surface area contributed by atoms with Gasteiger partial charge in [0.05, 0.1) is 23.5 Å². The number of benzene rings is 1. The summed E-state index contributed by atoms with van der Waals surface area (Å²) in [5.74, 6) is -1.55. The van der Waals surface area contributed by atoms with Gasteiger partial charge in [0.15, 0.2) is 0 Å². The molecule has 0 saturated carbocycles. The zero-order chi connectivity index (χ0) is 18.6. The Bertz CT molecular complexity index is 815.